The van der Waals surface area contributed by atoms with E-state index in [1.54, 1.807) is 0 Å². The topological polar surface area (TPSA) is 67.3 Å². The van der Waals surface area contributed by atoms with Crippen molar-refractivity contribution >= 4 is 11.1 Å². The molecule has 0 aliphatic carbocycles. The number of fused-ring (bicyclic) bond motifs is 1. The van der Waals surface area contributed by atoms with E-state index in [1.807, 2.05) is 25.2 Å². The lowest BCUT2D eigenvalue weighted by Crippen LogP contribution is -2.52. The lowest BCUT2D eigenvalue weighted by Gasteiger charge is -2.41. The van der Waals surface area contributed by atoms with E-state index in [0.29, 0.717) is 18.8 Å². The molecule has 5 nitrogen and oxygen atoms in total. The Morgan fingerprint density at radius 2 is 2.29 bits per heavy atom. The van der Waals surface area contributed by atoms with Gasteiger partial charge in [-0.25, -0.2) is 4.79 Å². The fourth-order valence-electron chi connectivity index (χ4n) is 2.34. The molecule has 1 aromatic heterocycles. The molecule has 3 rings (SSSR count). The number of hydrogen-bond acceptors (Lipinski definition) is 4. The molecule has 0 unspecified atom stereocenters. The number of oxazole rings is 1. The quantitative estimate of drug-likeness (QED) is 0.816. The van der Waals surface area contributed by atoms with Gasteiger partial charge < -0.3 is 14.5 Å². The van der Waals surface area contributed by atoms with E-state index in [-0.39, 0.29) is 5.41 Å². The summed E-state index contributed by atoms with van der Waals surface area (Å²) in [5, 5.41) is 3.19. The molecule has 90 valence electrons. The van der Waals surface area contributed by atoms with Gasteiger partial charge in [-0.3, -0.25) is 4.98 Å². The van der Waals surface area contributed by atoms with Crippen LogP contribution in [0.3, 0.4) is 0 Å². The van der Waals surface area contributed by atoms with Crippen molar-refractivity contribution in [2.24, 2.45) is 0 Å². The summed E-state index contributed by atoms with van der Waals surface area (Å²) in [7, 11) is 1.93. The van der Waals surface area contributed by atoms with Gasteiger partial charge in [-0.1, -0.05) is 6.07 Å². The summed E-state index contributed by atoms with van der Waals surface area (Å²) in [6, 6.07) is 5.80. The standard InChI is InChI=1S/C12H14N2O3/c1-13-5-12(6-16-7-12)8-2-3-10-9(4-8)14-11(15)17-10/h2-4,13H,5-7H2,1H3,(H,14,15). The molecule has 2 aromatic rings. The minimum absolute atomic E-state index is 0.0249. The molecule has 0 bridgehead atoms. The van der Waals surface area contributed by atoms with E-state index < -0.39 is 5.76 Å². The monoisotopic (exact) mass is 234 g/mol. The first-order chi connectivity index (χ1) is 8.23. The molecule has 0 saturated carbocycles. The molecular formula is C12H14N2O3. The Morgan fingerprint density at radius 3 is 2.94 bits per heavy atom. The summed E-state index contributed by atoms with van der Waals surface area (Å²) in [6.07, 6.45) is 0. The minimum Gasteiger partial charge on any atom is -0.408 e. The Morgan fingerprint density at radius 1 is 1.47 bits per heavy atom. The Balaban J connectivity index is 2.07. The number of ether oxygens (including phenoxy) is 1. The molecule has 17 heavy (non-hydrogen) atoms. The molecule has 1 aliphatic rings. The summed E-state index contributed by atoms with van der Waals surface area (Å²) in [5.74, 6) is -0.412. The normalized spacial score (nSPS) is 18.2. The van der Waals surface area contributed by atoms with Gasteiger partial charge >= 0.3 is 5.76 Å². The van der Waals surface area contributed by atoms with Gasteiger partial charge in [0.15, 0.2) is 5.58 Å². The highest BCUT2D eigenvalue weighted by Gasteiger charge is 2.39. The molecule has 0 amide bonds. The molecule has 2 heterocycles. The van der Waals surface area contributed by atoms with Gasteiger partial charge in [-0.05, 0) is 24.7 Å². The number of rotatable bonds is 3. The van der Waals surface area contributed by atoms with Crippen molar-refractivity contribution in [2.75, 3.05) is 26.8 Å². The predicted molar refractivity (Wildman–Crippen MR) is 63.3 cm³/mol. The van der Waals surface area contributed by atoms with Crippen molar-refractivity contribution in [2.45, 2.75) is 5.41 Å². The van der Waals surface area contributed by atoms with Crippen LogP contribution in [0.1, 0.15) is 5.56 Å². The third-order valence-electron chi connectivity index (χ3n) is 3.30. The van der Waals surface area contributed by atoms with Gasteiger partial charge in [-0.2, -0.15) is 0 Å². The lowest BCUT2D eigenvalue weighted by molar-refractivity contribution is -0.0582. The summed E-state index contributed by atoms with van der Waals surface area (Å²) in [4.78, 5) is 13.8. The number of benzene rings is 1. The van der Waals surface area contributed by atoms with Crippen LogP contribution in [0.5, 0.6) is 0 Å². The number of likely N-dealkylation sites (N-methyl/N-ethyl adjacent to an activating group) is 1. The average molecular weight is 234 g/mol. The maximum absolute atomic E-state index is 11.1. The van der Waals surface area contributed by atoms with Gasteiger partial charge in [0.25, 0.3) is 0 Å². The molecule has 1 saturated heterocycles. The largest absolute Gasteiger partial charge is 0.417 e. The SMILES string of the molecule is CNCC1(c2ccc3oc(=O)[nH]c3c2)COC1. The molecule has 1 aliphatic heterocycles. The fraction of sp³-hybridized carbons (Fsp3) is 0.417. The third kappa shape index (κ3) is 1.59. The molecule has 0 spiro atoms. The van der Waals surface area contributed by atoms with E-state index in [9.17, 15) is 4.79 Å². The fourth-order valence-corrected chi connectivity index (χ4v) is 2.34. The number of aromatic nitrogens is 1. The Bertz CT molecular complexity index is 595. The second-order valence-corrected chi connectivity index (χ2v) is 4.53. The van der Waals surface area contributed by atoms with Gasteiger partial charge in [0.2, 0.25) is 0 Å². The molecule has 5 heteroatoms. The maximum atomic E-state index is 11.1. The molecule has 0 atom stereocenters. The van der Waals surface area contributed by atoms with Crippen molar-refractivity contribution in [1.82, 2.24) is 10.3 Å². The summed E-state index contributed by atoms with van der Waals surface area (Å²) < 4.78 is 10.3. The maximum Gasteiger partial charge on any atom is 0.417 e. The highest BCUT2D eigenvalue weighted by molar-refractivity contribution is 5.73. The van der Waals surface area contributed by atoms with Crippen LogP contribution in [0, 0.1) is 0 Å². The van der Waals surface area contributed by atoms with Crippen molar-refractivity contribution in [3.63, 3.8) is 0 Å². The van der Waals surface area contributed by atoms with Crippen LogP contribution >= 0.6 is 0 Å². The van der Waals surface area contributed by atoms with Crippen LogP contribution in [0.4, 0.5) is 0 Å². The van der Waals surface area contributed by atoms with Gasteiger partial charge in [0.1, 0.15) is 0 Å². The molecule has 0 radical (unpaired) electrons. The van der Waals surface area contributed by atoms with Gasteiger partial charge in [0, 0.05) is 6.54 Å². The van der Waals surface area contributed by atoms with E-state index >= 15 is 0 Å². The van der Waals surface area contributed by atoms with Gasteiger partial charge in [0.05, 0.1) is 24.1 Å². The zero-order valence-corrected chi connectivity index (χ0v) is 9.58. The highest BCUT2D eigenvalue weighted by Crippen LogP contribution is 2.33. The van der Waals surface area contributed by atoms with E-state index in [2.05, 4.69) is 10.3 Å². The molecule has 1 aromatic carbocycles. The summed E-state index contributed by atoms with van der Waals surface area (Å²) in [6.45, 7) is 2.28. The zero-order valence-electron chi connectivity index (χ0n) is 9.58. The van der Waals surface area contributed by atoms with Crippen LogP contribution in [0.2, 0.25) is 0 Å². The zero-order chi connectivity index (χ0) is 11.9. The van der Waals surface area contributed by atoms with Crippen LogP contribution in [-0.2, 0) is 10.2 Å². The number of H-pyrrole nitrogens is 1. The van der Waals surface area contributed by atoms with Crippen LogP contribution in [0.15, 0.2) is 27.4 Å². The van der Waals surface area contributed by atoms with Crippen LogP contribution < -0.4 is 11.1 Å². The van der Waals surface area contributed by atoms with Crippen LogP contribution in [0.25, 0.3) is 11.1 Å². The van der Waals surface area contributed by atoms with Crippen molar-refractivity contribution in [3.8, 4) is 0 Å². The second kappa shape index (κ2) is 3.72. The van der Waals surface area contributed by atoms with Crippen LogP contribution in [-0.4, -0.2) is 31.8 Å². The molecule has 1 fully saturated rings. The molecule has 2 N–H and O–H groups in total. The summed E-state index contributed by atoms with van der Waals surface area (Å²) in [5.41, 5.74) is 2.54. The number of hydrogen-bond donors (Lipinski definition) is 2. The minimum atomic E-state index is -0.412. The lowest BCUT2D eigenvalue weighted by atomic mass is 9.78. The highest BCUT2D eigenvalue weighted by atomic mass is 16.5. The number of nitrogens with one attached hydrogen (secondary N) is 2. The predicted octanol–water partition coefficient (Wildman–Crippen LogP) is 0.608. The summed E-state index contributed by atoms with van der Waals surface area (Å²) >= 11 is 0. The van der Waals surface area contributed by atoms with E-state index in [1.165, 1.54) is 5.56 Å². The molecular weight excluding hydrogens is 220 g/mol. The Kier molecular flexibility index (Phi) is 2.31. The van der Waals surface area contributed by atoms with E-state index in [4.69, 9.17) is 9.15 Å². The van der Waals surface area contributed by atoms with Crippen molar-refractivity contribution in [3.05, 3.63) is 34.3 Å². The van der Waals surface area contributed by atoms with Gasteiger partial charge in [-0.15, -0.1) is 0 Å². The first-order valence-electron chi connectivity index (χ1n) is 5.59. The third-order valence-corrected chi connectivity index (χ3v) is 3.30. The smallest absolute Gasteiger partial charge is 0.408 e. The van der Waals surface area contributed by atoms with Crippen molar-refractivity contribution in [1.29, 1.82) is 0 Å². The van der Waals surface area contributed by atoms with Crippen molar-refractivity contribution < 1.29 is 9.15 Å². The Hall–Kier alpha value is -1.59. The first-order valence-corrected chi connectivity index (χ1v) is 5.59. The first kappa shape index (κ1) is 10.6. The number of aromatic amines is 1. The average Bonchev–Trinajstić information content (AvgIpc) is 2.62. The van der Waals surface area contributed by atoms with E-state index in [0.717, 1.165) is 12.1 Å². The Labute approximate surface area is 97.8 Å². The second-order valence-electron chi connectivity index (χ2n) is 4.53.